The summed E-state index contributed by atoms with van der Waals surface area (Å²) in [5.74, 6) is -0.909. The summed E-state index contributed by atoms with van der Waals surface area (Å²) in [5, 5.41) is 11.0. The van der Waals surface area contributed by atoms with Crippen molar-refractivity contribution >= 4 is 29.9 Å². The zero-order valence-corrected chi connectivity index (χ0v) is 27.8. The van der Waals surface area contributed by atoms with Gasteiger partial charge in [-0.15, -0.1) is 0 Å². The standard InChI is InChI=1S/C30H57N5O7/c1-12-20(3)23(33-27(39)41-29(6,7)8)25(37)31-16-14-18-35(22(5)36)19-15-17-32-26(38)24(21(4)13-2)34-28(40)42-30(9,10)11/h20-21,23-24H,12-19H2,1-11H3,(H,31,37)(H,32,38)(H,33,39)(H,34,40)/t20?,21?,23-,24-/m0/s1. The average Bonchev–Trinajstić information content (AvgIpc) is 2.85. The zero-order chi connectivity index (χ0) is 32.7. The second kappa shape index (κ2) is 18.5. The van der Waals surface area contributed by atoms with Crippen molar-refractivity contribution in [3.63, 3.8) is 0 Å². The van der Waals surface area contributed by atoms with Gasteiger partial charge >= 0.3 is 12.2 Å². The quantitative estimate of drug-likeness (QED) is 0.197. The molecular weight excluding hydrogens is 542 g/mol. The molecule has 2 unspecified atom stereocenters. The normalized spacial score (nSPS) is 14.5. The number of nitrogens with zero attached hydrogens (tertiary/aromatic N) is 1. The van der Waals surface area contributed by atoms with E-state index < -0.39 is 35.5 Å². The van der Waals surface area contributed by atoms with Crippen molar-refractivity contribution in [2.75, 3.05) is 26.2 Å². The molecule has 244 valence electrons. The first-order valence-corrected chi connectivity index (χ1v) is 15.1. The molecule has 12 heteroatoms. The topological polar surface area (TPSA) is 155 Å². The summed E-state index contributed by atoms with van der Waals surface area (Å²) in [4.78, 5) is 63.9. The summed E-state index contributed by atoms with van der Waals surface area (Å²) in [5.41, 5.74) is -1.35. The van der Waals surface area contributed by atoms with Crippen molar-refractivity contribution in [3.05, 3.63) is 0 Å². The Morgan fingerprint density at radius 2 is 1.00 bits per heavy atom. The summed E-state index contributed by atoms with van der Waals surface area (Å²) in [6.45, 7) is 21.2. The largest absolute Gasteiger partial charge is 0.444 e. The molecule has 0 saturated heterocycles. The second-order valence-corrected chi connectivity index (χ2v) is 12.8. The monoisotopic (exact) mass is 599 g/mol. The lowest BCUT2D eigenvalue weighted by atomic mass is 9.98. The summed E-state index contributed by atoms with van der Waals surface area (Å²) >= 11 is 0. The maximum Gasteiger partial charge on any atom is 0.408 e. The second-order valence-electron chi connectivity index (χ2n) is 12.8. The first kappa shape index (κ1) is 39.0. The molecule has 0 heterocycles. The fraction of sp³-hybridized carbons (Fsp3) is 0.833. The van der Waals surface area contributed by atoms with Gasteiger partial charge in [-0.25, -0.2) is 9.59 Å². The van der Waals surface area contributed by atoms with Crippen molar-refractivity contribution in [2.45, 2.75) is 125 Å². The molecule has 0 saturated carbocycles. The number of carbonyl (C=O) groups excluding carboxylic acids is 5. The fourth-order valence-corrected chi connectivity index (χ4v) is 3.88. The minimum absolute atomic E-state index is 0.0966. The van der Waals surface area contributed by atoms with Gasteiger partial charge in [0.05, 0.1) is 0 Å². The lowest BCUT2D eigenvalue weighted by Gasteiger charge is -2.27. The summed E-state index contributed by atoms with van der Waals surface area (Å²) < 4.78 is 10.6. The van der Waals surface area contributed by atoms with Gasteiger partial charge in [-0.05, 0) is 66.2 Å². The van der Waals surface area contributed by atoms with Gasteiger partial charge in [0.2, 0.25) is 17.7 Å². The van der Waals surface area contributed by atoms with E-state index >= 15 is 0 Å². The number of amides is 5. The molecule has 42 heavy (non-hydrogen) atoms. The van der Waals surface area contributed by atoms with Gasteiger partial charge in [0.1, 0.15) is 23.3 Å². The van der Waals surface area contributed by atoms with Crippen LogP contribution in [-0.2, 0) is 23.9 Å². The van der Waals surface area contributed by atoms with Gasteiger partial charge in [0.25, 0.3) is 0 Å². The molecule has 5 amide bonds. The third-order valence-electron chi connectivity index (χ3n) is 6.59. The van der Waals surface area contributed by atoms with Crippen LogP contribution in [0.5, 0.6) is 0 Å². The Kier molecular flexibility index (Phi) is 17.1. The van der Waals surface area contributed by atoms with E-state index in [4.69, 9.17) is 9.47 Å². The minimum Gasteiger partial charge on any atom is -0.444 e. The van der Waals surface area contributed by atoms with Crippen LogP contribution in [0.15, 0.2) is 0 Å². The molecule has 0 radical (unpaired) electrons. The molecule has 0 aromatic rings. The van der Waals surface area contributed by atoms with Gasteiger partial charge in [0, 0.05) is 33.1 Å². The van der Waals surface area contributed by atoms with Gasteiger partial charge in [-0.2, -0.15) is 0 Å². The van der Waals surface area contributed by atoms with Gasteiger partial charge in [0.15, 0.2) is 0 Å². The highest BCUT2D eigenvalue weighted by Crippen LogP contribution is 2.13. The molecular formula is C30H57N5O7. The smallest absolute Gasteiger partial charge is 0.408 e. The highest BCUT2D eigenvalue weighted by Gasteiger charge is 2.29. The molecule has 12 nitrogen and oxygen atoms in total. The molecule has 0 spiro atoms. The predicted octanol–water partition coefficient (Wildman–Crippen LogP) is 3.73. The molecule has 0 aromatic carbocycles. The molecule has 4 N–H and O–H groups in total. The number of ether oxygens (including phenoxy) is 2. The minimum atomic E-state index is -0.735. The van der Waals surface area contributed by atoms with E-state index in [0.29, 0.717) is 51.9 Å². The first-order valence-electron chi connectivity index (χ1n) is 15.1. The molecule has 0 aliphatic rings. The van der Waals surface area contributed by atoms with E-state index in [-0.39, 0.29) is 29.6 Å². The van der Waals surface area contributed by atoms with Crippen LogP contribution in [0.3, 0.4) is 0 Å². The third-order valence-corrected chi connectivity index (χ3v) is 6.59. The maximum atomic E-state index is 12.8. The Morgan fingerprint density at radius 1 is 0.667 bits per heavy atom. The Labute approximate surface area is 252 Å². The Hall–Kier alpha value is -3.05. The van der Waals surface area contributed by atoms with Crippen LogP contribution in [0.1, 0.15) is 102 Å². The van der Waals surface area contributed by atoms with E-state index in [1.165, 1.54) is 6.92 Å². The molecule has 0 aliphatic carbocycles. The Balaban J connectivity index is 4.79. The Bertz CT molecular complexity index is 818. The van der Waals surface area contributed by atoms with Crippen molar-refractivity contribution in [2.24, 2.45) is 11.8 Å². The first-order chi connectivity index (χ1) is 19.3. The van der Waals surface area contributed by atoms with Crippen molar-refractivity contribution in [3.8, 4) is 0 Å². The van der Waals surface area contributed by atoms with Crippen LogP contribution in [-0.4, -0.2) is 84.3 Å². The SMILES string of the molecule is CCC(C)[C@H](NC(=O)OC(C)(C)C)C(=O)NCCCN(CCCNC(=O)[C@@H](NC(=O)OC(C)(C)C)C(C)CC)C(C)=O. The van der Waals surface area contributed by atoms with E-state index in [2.05, 4.69) is 21.3 Å². The highest BCUT2D eigenvalue weighted by molar-refractivity contribution is 5.86. The van der Waals surface area contributed by atoms with Crippen LogP contribution in [0.4, 0.5) is 9.59 Å². The zero-order valence-electron chi connectivity index (χ0n) is 27.8. The average molecular weight is 600 g/mol. The number of nitrogens with one attached hydrogen (secondary N) is 4. The molecule has 4 atom stereocenters. The summed E-state index contributed by atoms with van der Waals surface area (Å²) in [7, 11) is 0. The van der Waals surface area contributed by atoms with Crippen molar-refractivity contribution in [1.29, 1.82) is 0 Å². The number of carbonyl (C=O) groups is 5. The van der Waals surface area contributed by atoms with E-state index in [1.54, 1.807) is 46.4 Å². The third kappa shape index (κ3) is 17.0. The Morgan fingerprint density at radius 3 is 1.26 bits per heavy atom. The fourth-order valence-electron chi connectivity index (χ4n) is 3.88. The molecule has 0 bridgehead atoms. The van der Waals surface area contributed by atoms with Gasteiger partial charge in [-0.3, -0.25) is 14.4 Å². The molecule has 0 rings (SSSR count). The lowest BCUT2D eigenvalue weighted by molar-refractivity contribution is -0.128. The van der Waals surface area contributed by atoms with E-state index in [0.717, 1.165) is 0 Å². The van der Waals surface area contributed by atoms with Crippen LogP contribution in [0.25, 0.3) is 0 Å². The molecule has 0 fully saturated rings. The summed E-state index contributed by atoms with van der Waals surface area (Å²) in [6.07, 6.45) is 1.14. The van der Waals surface area contributed by atoms with Crippen LogP contribution in [0, 0.1) is 11.8 Å². The highest BCUT2D eigenvalue weighted by atomic mass is 16.6. The summed E-state index contributed by atoms with van der Waals surface area (Å²) in [6, 6.07) is -1.47. The van der Waals surface area contributed by atoms with Gasteiger partial charge < -0.3 is 35.6 Å². The number of hydrogen-bond donors (Lipinski definition) is 4. The predicted molar refractivity (Wildman–Crippen MR) is 163 cm³/mol. The van der Waals surface area contributed by atoms with Crippen LogP contribution < -0.4 is 21.3 Å². The van der Waals surface area contributed by atoms with Gasteiger partial charge in [-0.1, -0.05) is 40.5 Å². The number of rotatable bonds is 16. The van der Waals surface area contributed by atoms with Crippen LogP contribution in [0.2, 0.25) is 0 Å². The number of alkyl carbamates (subject to hydrolysis) is 2. The van der Waals surface area contributed by atoms with Crippen molar-refractivity contribution < 1.29 is 33.4 Å². The van der Waals surface area contributed by atoms with E-state index in [1.807, 2.05) is 27.7 Å². The van der Waals surface area contributed by atoms with Crippen LogP contribution >= 0.6 is 0 Å². The molecule has 0 aromatic heterocycles. The number of hydrogen-bond acceptors (Lipinski definition) is 7. The lowest BCUT2D eigenvalue weighted by Crippen LogP contribution is -2.51. The maximum absolute atomic E-state index is 12.8. The van der Waals surface area contributed by atoms with E-state index in [9.17, 15) is 24.0 Å². The van der Waals surface area contributed by atoms with Crippen molar-refractivity contribution in [1.82, 2.24) is 26.2 Å². The molecule has 0 aliphatic heterocycles.